The Labute approximate surface area is 161 Å². The lowest BCUT2D eigenvalue weighted by molar-refractivity contribution is -0.155. The first kappa shape index (κ1) is 19.5. The highest BCUT2D eigenvalue weighted by atomic mass is 32.1. The van der Waals surface area contributed by atoms with Gasteiger partial charge in [-0.3, -0.25) is 19.0 Å². The zero-order valence-corrected chi connectivity index (χ0v) is 17.0. The Morgan fingerprint density at radius 2 is 1.93 bits per heavy atom. The molecule has 0 aliphatic carbocycles. The quantitative estimate of drug-likeness (QED) is 0.748. The largest absolute Gasteiger partial charge is 0.454 e. The lowest BCUT2D eigenvalue weighted by Crippen LogP contribution is -2.49. The van der Waals surface area contributed by atoms with E-state index in [1.54, 1.807) is 4.90 Å². The summed E-state index contributed by atoms with van der Waals surface area (Å²) in [6.07, 6.45) is 4.39. The molecule has 3 rings (SSSR count). The maximum Gasteiger partial charge on any atom is 0.326 e. The van der Waals surface area contributed by atoms with Crippen LogP contribution >= 0.6 is 11.3 Å². The molecule has 27 heavy (non-hydrogen) atoms. The van der Waals surface area contributed by atoms with Gasteiger partial charge in [0.05, 0.1) is 11.7 Å². The van der Waals surface area contributed by atoms with Gasteiger partial charge in [-0.15, -0.1) is 11.3 Å². The lowest BCUT2D eigenvalue weighted by atomic mass is 9.97. The molecular weight excluding hydrogens is 366 g/mol. The maximum absolute atomic E-state index is 12.6. The summed E-state index contributed by atoms with van der Waals surface area (Å²) in [5.41, 5.74) is 0.627. The second kappa shape index (κ2) is 7.80. The highest BCUT2D eigenvalue weighted by Crippen LogP contribution is 2.25. The van der Waals surface area contributed by atoms with Crippen LogP contribution in [0.5, 0.6) is 0 Å². The van der Waals surface area contributed by atoms with Crippen LogP contribution in [0.15, 0.2) is 11.1 Å². The number of hydrogen-bond acceptors (Lipinski definition) is 6. The van der Waals surface area contributed by atoms with E-state index in [0.717, 1.165) is 29.7 Å². The average Bonchev–Trinajstić information content (AvgIpc) is 2.90. The molecule has 1 fully saturated rings. The topological polar surface area (TPSA) is 81.5 Å². The van der Waals surface area contributed by atoms with E-state index in [2.05, 4.69) is 4.98 Å². The van der Waals surface area contributed by atoms with Crippen LogP contribution < -0.4 is 5.56 Å². The molecule has 0 bridgehead atoms. The van der Waals surface area contributed by atoms with E-state index in [-0.39, 0.29) is 36.7 Å². The summed E-state index contributed by atoms with van der Waals surface area (Å²) in [6.45, 7) is 7.29. The van der Waals surface area contributed by atoms with Crippen molar-refractivity contribution in [1.29, 1.82) is 0 Å². The Balaban J connectivity index is 1.65. The summed E-state index contributed by atoms with van der Waals surface area (Å²) in [7, 11) is 0. The fraction of sp³-hybridized carbons (Fsp3) is 0.579. The van der Waals surface area contributed by atoms with Crippen molar-refractivity contribution in [2.75, 3.05) is 6.61 Å². The van der Waals surface area contributed by atoms with Crippen LogP contribution in [-0.4, -0.2) is 45.0 Å². The standard InChI is InChI=1S/C19H25N3O4S/c1-11-6-5-7-12(2)22(11)15(23)9-26-16(24)8-21-10-20-18-17(19(21)25)13(3)14(4)27-18/h10-12H,5-9H2,1-4H3/t11-,12-/m0/s1. The minimum atomic E-state index is -0.617. The van der Waals surface area contributed by atoms with Crippen molar-refractivity contribution >= 4 is 33.4 Å². The fourth-order valence-electron chi connectivity index (χ4n) is 3.70. The number of aromatic nitrogens is 2. The van der Waals surface area contributed by atoms with Gasteiger partial charge in [-0.1, -0.05) is 0 Å². The van der Waals surface area contributed by atoms with Crippen LogP contribution in [-0.2, 0) is 20.9 Å². The summed E-state index contributed by atoms with van der Waals surface area (Å²) < 4.78 is 6.38. The molecule has 0 spiro atoms. The molecule has 0 unspecified atom stereocenters. The number of carbonyl (C=O) groups excluding carboxylic acids is 2. The molecule has 7 nitrogen and oxygen atoms in total. The normalized spacial score (nSPS) is 20.1. The predicted octanol–water partition coefficient (Wildman–Crippen LogP) is 2.41. The zero-order chi connectivity index (χ0) is 19.7. The third kappa shape index (κ3) is 3.90. The maximum atomic E-state index is 12.6. The van der Waals surface area contributed by atoms with Gasteiger partial charge >= 0.3 is 5.97 Å². The van der Waals surface area contributed by atoms with Gasteiger partial charge in [-0.05, 0) is 52.5 Å². The van der Waals surface area contributed by atoms with Gasteiger partial charge in [-0.25, -0.2) is 4.98 Å². The molecule has 1 amide bonds. The molecule has 146 valence electrons. The van der Waals surface area contributed by atoms with Crippen molar-refractivity contribution in [3.63, 3.8) is 0 Å². The number of rotatable bonds is 4. The number of esters is 1. The van der Waals surface area contributed by atoms with Crippen molar-refractivity contribution < 1.29 is 14.3 Å². The summed E-state index contributed by atoms with van der Waals surface area (Å²) in [4.78, 5) is 45.0. The summed E-state index contributed by atoms with van der Waals surface area (Å²) in [5, 5.41) is 0.542. The molecule has 1 saturated heterocycles. The lowest BCUT2D eigenvalue weighted by Gasteiger charge is -2.38. The number of piperidine rings is 1. The van der Waals surface area contributed by atoms with Crippen LogP contribution in [0.4, 0.5) is 0 Å². The van der Waals surface area contributed by atoms with Crippen molar-refractivity contribution in [3.8, 4) is 0 Å². The van der Waals surface area contributed by atoms with Crippen molar-refractivity contribution in [2.24, 2.45) is 0 Å². The third-order valence-corrected chi connectivity index (χ3v) is 6.41. The SMILES string of the molecule is Cc1sc2ncn(CC(=O)OCC(=O)N3[C@@H](C)CCC[C@@H]3C)c(=O)c2c1C. The van der Waals surface area contributed by atoms with E-state index in [1.807, 2.05) is 27.7 Å². The molecule has 0 radical (unpaired) electrons. The van der Waals surface area contributed by atoms with Gasteiger partial charge in [0.25, 0.3) is 11.5 Å². The fourth-order valence-corrected chi connectivity index (χ4v) is 4.68. The Bertz CT molecular complexity index is 923. The minimum Gasteiger partial charge on any atom is -0.454 e. The molecule has 0 saturated carbocycles. The molecule has 1 aliphatic rings. The number of nitrogens with zero attached hydrogens (tertiary/aromatic N) is 3. The van der Waals surface area contributed by atoms with Gasteiger partial charge in [0, 0.05) is 17.0 Å². The highest BCUT2D eigenvalue weighted by molar-refractivity contribution is 7.18. The molecule has 1 aliphatic heterocycles. The van der Waals surface area contributed by atoms with E-state index >= 15 is 0 Å². The van der Waals surface area contributed by atoms with E-state index in [4.69, 9.17) is 4.74 Å². The van der Waals surface area contributed by atoms with Gasteiger partial charge in [0.15, 0.2) is 6.61 Å². The van der Waals surface area contributed by atoms with Crippen molar-refractivity contribution in [1.82, 2.24) is 14.5 Å². The van der Waals surface area contributed by atoms with E-state index in [0.29, 0.717) is 10.2 Å². The number of aryl methyl sites for hydroxylation is 2. The molecule has 3 heterocycles. The molecule has 2 aromatic heterocycles. The van der Waals surface area contributed by atoms with Gasteiger partial charge < -0.3 is 9.64 Å². The van der Waals surface area contributed by atoms with E-state index < -0.39 is 5.97 Å². The Hall–Kier alpha value is -2.22. The van der Waals surface area contributed by atoms with E-state index in [1.165, 1.54) is 22.2 Å². The molecule has 2 aromatic rings. The van der Waals surface area contributed by atoms with Crippen molar-refractivity contribution in [2.45, 2.75) is 65.6 Å². The minimum absolute atomic E-state index is 0.152. The number of carbonyl (C=O) groups is 2. The monoisotopic (exact) mass is 391 g/mol. The molecule has 8 heteroatoms. The van der Waals surface area contributed by atoms with Gasteiger partial charge in [-0.2, -0.15) is 0 Å². The van der Waals surface area contributed by atoms with Gasteiger partial charge in [0.2, 0.25) is 0 Å². The highest BCUT2D eigenvalue weighted by Gasteiger charge is 2.29. The zero-order valence-electron chi connectivity index (χ0n) is 16.2. The molecule has 0 N–H and O–H groups in total. The van der Waals surface area contributed by atoms with Crippen LogP contribution in [0.2, 0.25) is 0 Å². The number of fused-ring (bicyclic) bond motifs is 1. The summed E-state index contributed by atoms with van der Waals surface area (Å²) in [6, 6.07) is 0.304. The Morgan fingerprint density at radius 3 is 2.59 bits per heavy atom. The number of likely N-dealkylation sites (tertiary alicyclic amines) is 1. The molecular formula is C19H25N3O4S. The second-order valence-electron chi connectivity index (χ2n) is 7.23. The van der Waals surface area contributed by atoms with Crippen LogP contribution in [0, 0.1) is 13.8 Å². The van der Waals surface area contributed by atoms with Crippen LogP contribution in [0.3, 0.4) is 0 Å². The first-order chi connectivity index (χ1) is 12.8. The van der Waals surface area contributed by atoms with E-state index in [9.17, 15) is 14.4 Å². The Kier molecular flexibility index (Phi) is 5.64. The first-order valence-electron chi connectivity index (χ1n) is 9.21. The smallest absolute Gasteiger partial charge is 0.326 e. The molecule has 0 aromatic carbocycles. The van der Waals surface area contributed by atoms with Crippen LogP contribution in [0.25, 0.3) is 10.2 Å². The van der Waals surface area contributed by atoms with Gasteiger partial charge in [0.1, 0.15) is 11.4 Å². The number of hydrogen-bond donors (Lipinski definition) is 0. The number of thiophene rings is 1. The first-order valence-corrected chi connectivity index (χ1v) is 10.0. The summed E-state index contributed by atoms with van der Waals surface area (Å²) >= 11 is 1.46. The number of amides is 1. The van der Waals surface area contributed by atoms with Crippen molar-refractivity contribution in [3.05, 3.63) is 27.1 Å². The third-order valence-electron chi connectivity index (χ3n) is 5.29. The molecule has 2 atom stereocenters. The van der Waals surface area contributed by atoms with Crippen LogP contribution in [0.1, 0.15) is 43.6 Å². The number of ether oxygens (including phenoxy) is 1. The predicted molar refractivity (Wildman–Crippen MR) is 104 cm³/mol. The Morgan fingerprint density at radius 1 is 1.26 bits per heavy atom. The summed E-state index contributed by atoms with van der Waals surface area (Å²) in [5.74, 6) is -0.804. The second-order valence-corrected chi connectivity index (χ2v) is 8.43. The average molecular weight is 391 g/mol.